The number of allylic oxidation sites excluding steroid dienone is 5. The quantitative estimate of drug-likeness (QED) is 0.162. The van der Waals surface area contributed by atoms with Gasteiger partial charge in [0.1, 0.15) is 27.9 Å². The fraction of sp³-hybridized carbons (Fsp3) is 0.333. The Hall–Kier alpha value is -3.90. The topological polar surface area (TPSA) is 58.7 Å². The second-order valence-corrected chi connectivity index (χ2v) is 11.5. The summed E-state index contributed by atoms with van der Waals surface area (Å²) in [7, 11) is 0. The molecule has 0 atom stereocenters. The summed E-state index contributed by atoms with van der Waals surface area (Å²) in [5.74, 6) is 2.90. The zero-order chi connectivity index (χ0) is 29.1. The van der Waals surface area contributed by atoms with Crippen LogP contribution in [0.4, 0.5) is 0 Å². The molecule has 0 unspecified atom stereocenters. The number of carbonyl (C=O) groups excluding carboxylic acids is 1. The summed E-state index contributed by atoms with van der Waals surface area (Å²) in [6.45, 7) is 5.78. The molecule has 1 aliphatic heterocycles. The van der Waals surface area contributed by atoms with E-state index in [1.54, 1.807) is 0 Å². The Bertz CT molecular complexity index is 1430. The monoisotopic (exact) mass is 582 g/mol. The molecule has 0 saturated heterocycles. The lowest BCUT2D eigenvalue weighted by Gasteiger charge is -2.25. The molecule has 2 heterocycles. The van der Waals surface area contributed by atoms with E-state index >= 15 is 0 Å². The van der Waals surface area contributed by atoms with Crippen molar-refractivity contribution in [2.75, 3.05) is 13.2 Å². The molecule has 1 aromatic heterocycles. The first-order valence-electron chi connectivity index (χ1n) is 15.2. The molecule has 0 saturated carbocycles. The number of thiophene rings is 1. The van der Waals surface area contributed by atoms with E-state index in [0.29, 0.717) is 18.1 Å². The van der Waals surface area contributed by atoms with Crippen molar-refractivity contribution in [3.05, 3.63) is 99.8 Å². The van der Waals surface area contributed by atoms with Gasteiger partial charge in [0.15, 0.2) is 0 Å². The Morgan fingerprint density at radius 1 is 0.786 bits per heavy atom. The van der Waals surface area contributed by atoms with Crippen LogP contribution in [0.25, 0.3) is 5.57 Å². The van der Waals surface area contributed by atoms with Crippen LogP contribution >= 0.6 is 11.3 Å². The Labute approximate surface area is 253 Å². The highest BCUT2D eigenvalue weighted by atomic mass is 32.1. The van der Waals surface area contributed by atoms with Crippen molar-refractivity contribution in [3.63, 3.8) is 0 Å². The van der Waals surface area contributed by atoms with Gasteiger partial charge in [0.2, 0.25) is 5.71 Å². The van der Waals surface area contributed by atoms with Gasteiger partial charge in [0.25, 0.3) is 0 Å². The second kappa shape index (κ2) is 14.8. The van der Waals surface area contributed by atoms with E-state index in [9.17, 15) is 4.79 Å². The summed E-state index contributed by atoms with van der Waals surface area (Å²) in [5.41, 5.74) is 4.57. The van der Waals surface area contributed by atoms with Crippen LogP contribution in [-0.4, -0.2) is 24.8 Å². The molecule has 5 rings (SSSR count). The number of nitrogens with one attached hydrogen (secondary N) is 1. The minimum absolute atomic E-state index is 0.121. The molecule has 3 aromatic rings. The van der Waals surface area contributed by atoms with Crippen LogP contribution in [0.2, 0.25) is 0 Å². The van der Waals surface area contributed by atoms with E-state index in [1.165, 1.54) is 49.9 Å². The van der Waals surface area contributed by atoms with Crippen LogP contribution in [0, 0.1) is 0 Å². The third-order valence-corrected chi connectivity index (χ3v) is 8.26. The standard InChI is InChI=1S/C36H39NO4S/c1-3-5-7-11-21-39-26-17-19-29-32(24-26)41-33-25-27(40-22-12-8-6-4-2)18-20-30(33)35(29)28-14-9-10-15-31(28)37-36(38)34-16-13-23-42-34/h9-10,13-20,23-25H,3-8,11-12,21-22H2,1-2H3/p+1. The Morgan fingerprint density at radius 3 is 1.98 bits per heavy atom. The summed E-state index contributed by atoms with van der Waals surface area (Å²) in [6.07, 6.45) is 17.2. The first-order valence-corrected chi connectivity index (χ1v) is 16.1. The predicted octanol–water partition coefficient (Wildman–Crippen LogP) is 8.06. The van der Waals surface area contributed by atoms with Gasteiger partial charge in [-0.1, -0.05) is 70.6 Å². The molecular weight excluding hydrogens is 542 g/mol. The first kappa shape index (κ1) is 29.6. The maximum atomic E-state index is 13.1. The van der Waals surface area contributed by atoms with Crippen molar-refractivity contribution in [1.82, 2.24) is 0 Å². The molecular formula is C36H40NO4S+. The molecule has 0 fully saturated rings. The molecule has 5 nitrogen and oxygen atoms in total. The molecule has 2 aromatic carbocycles. The lowest BCUT2D eigenvalue weighted by atomic mass is 9.86. The molecule has 0 spiro atoms. The molecule has 0 radical (unpaired) electrons. The molecule has 1 N–H and O–H groups in total. The number of ether oxygens (including phenoxy) is 3. The van der Waals surface area contributed by atoms with E-state index in [4.69, 9.17) is 14.2 Å². The van der Waals surface area contributed by atoms with Crippen LogP contribution in [0.5, 0.6) is 23.0 Å². The summed E-state index contributed by atoms with van der Waals surface area (Å²) < 4.78 is 18.7. The van der Waals surface area contributed by atoms with Crippen LogP contribution in [0.15, 0.2) is 83.8 Å². The maximum Gasteiger partial charge on any atom is 0.428 e. The Morgan fingerprint density at radius 2 is 1.40 bits per heavy atom. The van der Waals surface area contributed by atoms with Crippen molar-refractivity contribution in [3.8, 4) is 23.0 Å². The van der Waals surface area contributed by atoms with E-state index in [2.05, 4.69) is 37.0 Å². The van der Waals surface area contributed by atoms with Crippen molar-refractivity contribution < 1.29 is 24.0 Å². The number of hydrogen-bond donors (Lipinski definition) is 1. The average Bonchev–Trinajstić information content (AvgIpc) is 3.56. The van der Waals surface area contributed by atoms with Gasteiger partial charge in [-0.15, -0.1) is 11.3 Å². The second-order valence-electron chi connectivity index (χ2n) is 10.6. The normalized spacial score (nSPS) is 14.5. The molecule has 1 amide bonds. The highest BCUT2D eigenvalue weighted by molar-refractivity contribution is 7.11. The maximum absolute atomic E-state index is 13.1. The minimum Gasteiger partial charge on any atom is -0.493 e. The summed E-state index contributed by atoms with van der Waals surface area (Å²) in [6, 6.07) is 15.8. The zero-order valence-corrected chi connectivity index (χ0v) is 25.4. The zero-order valence-electron chi connectivity index (χ0n) is 24.6. The van der Waals surface area contributed by atoms with Crippen LogP contribution in [-0.2, 0) is 0 Å². The summed E-state index contributed by atoms with van der Waals surface area (Å²) >= 11 is 1.43. The van der Waals surface area contributed by atoms with Crippen LogP contribution < -0.4 is 19.2 Å². The number of hydrogen-bond acceptors (Lipinski definition) is 5. The number of fused-ring (bicyclic) bond motifs is 2. The minimum atomic E-state index is -0.121. The third-order valence-electron chi connectivity index (χ3n) is 7.39. The number of amides is 1. The number of unbranched alkanes of at least 4 members (excludes halogenated alkanes) is 6. The highest BCUT2D eigenvalue weighted by Crippen LogP contribution is 2.47. The Kier molecular flexibility index (Phi) is 10.4. The van der Waals surface area contributed by atoms with E-state index in [-0.39, 0.29) is 5.91 Å². The van der Waals surface area contributed by atoms with Crippen LogP contribution in [0.1, 0.15) is 86.0 Å². The van der Waals surface area contributed by atoms with Crippen molar-refractivity contribution in [2.45, 2.75) is 65.2 Å². The van der Waals surface area contributed by atoms with E-state index < -0.39 is 0 Å². The molecule has 2 aliphatic rings. The number of carbonyl (C=O) groups is 1. The number of rotatable bonds is 13. The smallest absolute Gasteiger partial charge is 0.428 e. The van der Waals surface area contributed by atoms with Crippen LogP contribution in [0.3, 0.4) is 0 Å². The first-order chi connectivity index (χ1) is 20.7. The van der Waals surface area contributed by atoms with Gasteiger partial charge in [-0.2, -0.15) is 4.99 Å². The van der Waals surface area contributed by atoms with Gasteiger partial charge in [0.05, 0.1) is 18.8 Å². The third kappa shape index (κ3) is 7.29. The summed E-state index contributed by atoms with van der Waals surface area (Å²) in [5, 5.41) is 1.91. The lowest BCUT2D eigenvalue weighted by Crippen LogP contribution is -2.77. The lowest BCUT2D eigenvalue weighted by molar-refractivity contribution is -0.343. The fourth-order valence-electron chi connectivity index (χ4n) is 5.16. The number of benzene rings is 2. The summed E-state index contributed by atoms with van der Waals surface area (Å²) in [4.78, 5) is 16.9. The van der Waals surface area contributed by atoms with Crippen molar-refractivity contribution >= 4 is 28.5 Å². The largest absolute Gasteiger partial charge is 0.493 e. The van der Waals surface area contributed by atoms with Gasteiger partial charge >= 0.3 is 5.91 Å². The van der Waals surface area contributed by atoms with E-state index in [1.807, 2.05) is 60.0 Å². The molecule has 42 heavy (non-hydrogen) atoms. The average molecular weight is 583 g/mol. The van der Waals surface area contributed by atoms with E-state index in [0.717, 1.165) is 63.8 Å². The molecule has 1 aliphatic carbocycles. The van der Waals surface area contributed by atoms with Gasteiger partial charge in [-0.05, 0) is 54.6 Å². The molecule has 6 heteroatoms. The van der Waals surface area contributed by atoms with Gasteiger partial charge in [-0.3, -0.25) is 0 Å². The Balaban J connectivity index is 1.51. The highest BCUT2D eigenvalue weighted by Gasteiger charge is 2.29. The van der Waals surface area contributed by atoms with Gasteiger partial charge in [-0.25, -0.2) is 4.79 Å². The molecule has 218 valence electrons. The van der Waals surface area contributed by atoms with Gasteiger partial charge in [0, 0.05) is 34.9 Å². The predicted molar refractivity (Wildman–Crippen MR) is 171 cm³/mol. The molecule has 0 bridgehead atoms. The van der Waals surface area contributed by atoms with Crippen molar-refractivity contribution in [1.29, 1.82) is 0 Å². The SMILES string of the molecule is CCCCCCOc1ccc2c(c1)Oc1cc(OCCCCCC)ccc1C2=C1C=CC=CC1=[NH+]C(=O)c1cccs1. The van der Waals surface area contributed by atoms with Crippen molar-refractivity contribution in [2.24, 2.45) is 0 Å². The van der Waals surface area contributed by atoms with Gasteiger partial charge < -0.3 is 14.2 Å². The fourth-order valence-corrected chi connectivity index (χ4v) is 5.78.